The largest absolute Gasteiger partial charge is 0.481 e. The van der Waals surface area contributed by atoms with Gasteiger partial charge in [-0.1, -0.05) is 0 Å². The third-order valence-electron chi connectivity index (χ3n) is 2.90. The van der Waals surface area contributed by atoms with Gasteiger partial charge in [-0.15, -0.1) is 0 Å². The number of rotatable bonds is 5. The summed E-state index contributed by atoms with van der Waals surface area (Å²) in [5, 5.41) is 11.7. The first-order valence-corrected chi connectivity index (χ1v) is 7.70. The molecule has 104 valence electrons. The van der Waals surface area contributed by atoms with E-state index in [2.05, 4.69) is 10.0 Å². The van der Waals surface area contributed by atoms with E-state index in [1.165, 1.54) is 0 Å². The van der Waals surface area contributed by atoms with Crippen molar-refractivity contribution in [2.45, 2.75) is 19.3 Å². The number of carbonyl (C=O) groups is 1. The van der Waals surface area contributed by atoms with Gasteiger partial charge in [-0.05, 0) is 36.6 Å². The first kappa shape index (κ1) is 13.7. The van der Waals surface area contributed by atoms with Gasteiger partial charge >= 0.3 is 5.97 Å². The van der Waals surface area contributed by atoms with Crippen molar-refractivity contribution in [2.75, 3.05) is 22.3 Å². The highest BCUT2D eigenvalue weighted by atomic mass is 32.2. The van der Waals surface area contributed by atoms with Gasteiger partial charge in [0, 0.05) is 17.9 Å². The Morgan fingerprint density at radius 1 is 1.42 bits per heavy atom. The number of benzene rings is 1. The van der Waals surface area contributed by atoms with Crippen molar-refractivity contribution in [1.29, 1.82) is 0 Å². The minimum Gasteiger partial charge on any atom is -0.481 e. The van der Waals surface area contributed by atoms with Crippen LogP contribution in [-0.2, 0) is 21.2 Å². The number of hydrogen-bond donors (Lipinski definition) is 3. The molecule has 7 heteroatoms. The number of aryl methyl sites for hydroxylation is 1. The van der Waals surface area contributed by atoms with Gasteiger partial charge in [0.05, 0.1) is 12.2 Å². The highest BCUT2D eigenvalue weighted by Crippen LogP contribution is 2.25. The third kappa shape index (κ3) is 3.85. The number of sulfonamides is 1. The first-order valence-electron chi connectivity index (χ1n) is 6.05. The van der Waals surface area contributed by atoms with E-state index in [-0.39, 0.29) is 0 Å². The molecular weight excluding hydrogens is 268 g/mol. The van der Waals surface area contributed by atoms with Crippen molar-refractivity contribution in [3.8, 4) is 0 Å². The molecule has 2 rings (SSSR count). The van der Waals surface area contributed by atoms with Gasteiger partial charge in [0.15, 0.2) is 0 Å². The molecule has 1 aromatic carbocycles. The zero-order valence-corrected chi connectivity index (χ0v) is 11.2. The summed E-state index contributed by atoms with van der Waals surface area (Å²) in [6.07, 6.45) is 1.52. The van der Waals surface area contributed by atoms with E-state index in [4.69, 9.17) is 5.11 Å². The SMILES string of the molecule is O=C(O)CCS(=O)(=O)Nc1ccc2c(c1)CCCN2. The predicted molar refractivity (Wildman–Crippen MR) is 72.9 cm³/mol. The van der Waals surface area contributed by atoms with Crippen LogP contribution < -0.4 is 10.0 Å². The van der Waals surface area contributed by atoms with Gasteiger partial charge in [0.1, 0.15) is 0 Å². The van der Waals surface area contributed by atoms with Crippen LogP contribution in [0.1, 0.15) is 18.4 Å². The lowest BCUT2D eigenvalue weighted by atomic mass is 10.0. The zero-order valence-electron chi connectivity index (χ0n) is 10.3. The molecule has 0 fully saturated rings. The molecule has 0 saturated heterocycles. The van der Waals surface area contributed by atoms with Crippen molar-refractivity contribution in [3.63, 3.8) is 0 Å². The highest BCUT2D eigenvalue weighted by Gasteiger charge is 2.14. The minimum atomic E-state index is -3.61. The molecule has 0 unspecified atom stereocenters. The molecule has 0 aromatic heterocycles. The monoisotopic (exact) mass is 284 g/mol. The van der Waals surface area contributed by atoms with Crippen LogP contribution in [0, 0.1) is 0 Å². The third-order valence-corrected chi connectivity index (χ3v) is 4.19. The quantitative estimate of drug-likeness (QED) is 0.756. The fraction of sp³-hybridized carbons (Fsp3) is 0.417. The average molecular weight is 284 g/mol. The molecule has 0 atom stereocenters. The maximum Gasteiger partial charge on any atom is 0.304 e. The summed E-state index contributed by atoms with van der Waals surface area (Å²) in [5.74, 6) is -1.54. The Bertz CT molecular complexity index is 583. The molecule has 0 radical (unpaired) electrons. The van der Waals surface area contributed by atoms with Crippen LogP contribution in [0.3, 0.4) is 0 Å². The van der Waals surface area contributed by atoms with E-state index >= 15 is 0 Å². The van der Waals surface area contributed by atoms with E-state index in [0.29, 0.717) is 5.69 Å². The number of hydrogen-bond acceptors (Lipinski definition) is 4. The molecule has 1 heterocycles. The van der Waals surface area contributed by atoms with Crippen LogP contribution in [0.5, 0.6) is 0 Å². The summed E-state index contributed by atoms with van der Waals surface area (Å²) in [4.78, 5) is 10.4. The molecule has 0 aliphatic carbocycles. The number of carboxylic acid groups (broad SMARTS) is 1. The summed E-state index contributed by atoms with van der Waals surface area (Å²) >= 11 is 0. The molecule has 3 N–H and O–H groups in total. The predicted octanol–water partition coefficient (Wildman–Crippen LogP) is 1.26. The topological polar surface area (TPSA) is 95.5 Å². The fourth-order valence-corrected chi connectivity index (χ4v) is 3.02. The normalized spacial score (nSPS) is 14.3. The summed E-state index contributed by atoms with van der Waals surface area (Å²) in [7, 11) is -3.61. The van der Waals surface area contributed by atoms with E-state index in [1.807, 2.05) is 6.07 Å². The average Bonchev–Trinajstić information content (AvgIpc) is 2.36. The van der Waals surface area contributed by atoms with Crippen molar-refractivity contribution in [2.24, 2.45) is 0 Å². The Hall–Kier alpha value is -1.76. The van der Waals surface area contributed by atoms with Crippen molar-refractivity contribution in [1.82, 2.24) is 0 Å². The number of aliphatic carboxylic acids is 1. The van der Waals surface area contributed by atoms with E-state index in [1.54, 1.807) is 12.1 Å². The second kappa shape index (κ2) is 5.48. The van der Waals surface area contributed by atoms with Gasteiger partial charge in [-0.2, -0.15) is 0 Å². The van der Waals surface area contributed by atoms with E-state index in [9.17, 15) is 13.2 Å². The Morgan fingerprint density at radius 3 is 2.95 bits per heavy atom. The first-order chi connectivity index (χ1) is 8.96. The summed E-state index contributed by atoms with van der Waals surface area (Å²) in [6.45, 7) is 0.927. The number of anilines is 2. The second-order valence-corrected chi connectivity index (χ2v) is 6.31. The standard InChI is InChI=1S/C12H16N2O4S/c15-12(16)5-7-19(17,18)14-10-3-4-11-9(8-10)2-1-6-13-11/h3-4,8,13-14H,1-2,5-7H2,(H,15,16). The van der Waals surface area contributed by atoms with Crippen LogP contribution in [0.25, 0.3) is 0 Å². The van der Waals surface area contributed by atoms with Crippen molar-refractivity contribution in [3.05, 3.63) is 23.8 Å². The van der Waals surface area contributed by atoms with E-state index in [0.717, 1.165) is 30.6 Å². The lowest BCUT2D eigenvalue weighted by Gasteiger charge is -2.19. The molecule has 6 nitrogen and oxygen atoms in total. The van der Waals surface area contributed by atoms with Crippen LogP contribution in [-0.4, -0.2) is 31.8 Å². The van der Waals surface area contributed by atoms with Gasteiger partial charge < -0.3 is 10.4 Å². The minimum absolute atomic E-state index is 0.401. The highest BCUT2D eigenvalue weighted by molar-refractivity contribution is 7.92. The van der Waals surface area contributed by atoms with Crippen LogP contribution in [0.15, 0.2) is 18.2 Å². The maximum atomic E-state index is 11.7. The number of carboxylic acids is 1. The van der Waals surface area contributed by atoms with Gasteiger partial charge in [-0.25, -0.2) is 8.42 Å². The molecule has 0 bridgehead atoms. The molecule has 1 aliphatic heterocycles. The summed E-state index contributed by atoms with van der Waals surface area (Å²) in [5.41, 5.74) is 2.58. The van der Waals surface area contributed by atoms with Crippen LogP contribution in [0.2, 0.25) is 0 Å². The second-order valence-electron chi connectivity index (χ2n) is 4.47. The number of fused-ring (bicyclic) bond motifs is 1. The maximum absolute atomic E-state index is 11.7. The van der Waals surface area contributed by atoms with Crippen LogP contribution in [0.4, 0.5) is 11.4 Å². The molecular formula is C12H16N2O4S. The summed E-state index contributed by atoms with van der Waals surface area (Å²) in [6, 6.07) is 5.30. The summed E-state index contributed by atoms with van der Waals surface area (Å²) < 4.78 is 25.8. The lowest BCUT2D eigenvalue weighted by Crippen LogP contribution is -2.19. The smallest absolute Gasteiger partial charge is 0.304 e. The van der Waals surface area contributed by atoms with Crippen molar-refractivity contribution < 1.29 is 18.3 Å². The Morgan fingerprint density at radius 2 is 2.21 bits per heavy atom. The Kier molecular flexibility index (Phi) is 3.94. The molecule has 1 aliphatic rings. The molecule has 1 aromatic rings. The molecule has 0 spiro atoms. The van der Waals surface area contributed by atoms with Crippen LogP contribution >= 0.6 is 0 Å². The number of nitrogens with one attached hydrogen (secondary N) is 2. The molecule has 0 amide bonds. The van der Waals surface area contributed by atoms with E-state index < -0.39 is 28.2 Å². The van der Waals surface area contributed by atoms with Gasteiger partial charge in [-0.3, -0.25) is 9.52 Å². The molecule has 0 saturated carbocycles. The van der Waals surface area contributed by atoms with Gasteiger partial charge in [0.2, 0.25) is 10.0 Å². The molecule has 19 heavy (non-hydrogen) atoms. The Balaban J connectivity index is 2.08. The van der Waals surface area contributed by atoms with Gasteiger partial charge in [0.25, 0.3) is 0 Å². The van der Waals surface area contributed by atoms with Crippen molar-refractivity contribution >= 4 is 27.4 Å². The Labute approximate surface area is 111 Å². The zero-order chi connectivity index (χ0) is 13.9. The fourth-order valence-electron chi connectivity index (χ4n) is 1.99. The lowest BCUT2D eigenvalue weighted by molar-refractivity contribution is -0.136.